The molecule has 2 aliphatic rings. The number of nitrogens with zero attached hydrogens (tertiary/aromatic N) is 1. The van der Waals surface area contributed by atoms with Crippen molar-refractivity contribution >= 4 is 11.6 Å². The number of hydrogen-bond acceptors (Lipinski definition) is 2. The van der Waals surface area contributed by atoms with E-state index >= 15 is 0 Å². The molecule has 1 spiro atoms. The Kier molecular flexibility index (Phi) is 1.96. The summed E-state index contributed by atoms with van der Waals surface area (Å²) in [7, 11) is 2.09. The summed E-state index contributed by atoms with van der Waals surface area (Å²) >= 11 is 0. The van der Waals surface area contributed by atoms with Gasteiger partial charge in [0.05, 0.1) is 11.3 Å². The van der Waals surface area contributed by atoms with Gasteiger partial charge in [-0.05, 0) is 37.8 Å². The summed E-state index contributed by atoms with van der Waals surface area (Å²) in [6.07, 6.45) is 4.52. The van der Waals surface area contributed by atoms with Gasteiger partial charge in [-0.25, -0.2) is 0 Å². The number of anilines is 1. The molecular weight excluding hydrogens is 200 g/mol. The highest BCUT2D eigenvalue weighted by Crippen LogP contribution is 2.39. The second-order valence-electron chi connectivity index (χ2n) is 4.77. The quantitative estimate of drug-likeness (QED) is 0.720. The lowest BCUT2D eigenvalue weighted by Gasteiger charge is -2.45. The zero-order valence-electron chi connectivity index (χ0n) is 9.49. The van der Waals surface area contributed by atoms with Crippen LogP contribution in [-0.2, 0) is 0 Å². The Labute approximate surface area is 95.4 Å². The molecule has 0 atom stereocenters. The van der Waals surface area contributed by atoms with Crippen LogP contribution in [0.25, 0.3) is 0 Å². The number of rotatable bonds is 0. The molecule has 1 saturated carbocycles. The van der Waals surface area contributed by atoms with Gasteiger partial charge in [-0.1, -0.05) is 12.1 Å². The first-order chi connectivity index (χ1) is 7.73. The number of carbonyl (C=O) groups is 1. The van der Waals surface area contributed by atoms with Gasteiger partial charge in [0.15, 0.2) is 0 Å². The van der Waals surface area contributed by atoms with Gasteiger partial charge in [0.25, 0.3) is 5.91 Å². The summed E-state index contributed by atoms with van der Waals surface area (Å²) in [6, 6.07) is 7.84. The Hall–Kier alpha value is -1.51. The van der Waals surface area contributed by atoms with Gasteiger partial charge in [-0.3, -0.25) is 4.79 Å². The molecule has 1 fully saturated rings. The van der Waals surface area contributed by atoms with Crippen molar-refractivity contribution in [2.45, 2.75) is 31.3 Å². The third kappa shape index (κ3) is 1.17. The summed E-state index contributed by atoms with van der Waals surface area (Å²) in [5.74, 6) is 0.0793. The summed E-state index contributed by atoms with van der Waals surface area (Å²) in [5, 5.41) is 3.18. The van der Waals surface area contributed by atoms with E-state index in [1.54, 1.807) is 0 Å². The van der Waals surface area contributed by atoms with E-state index in [4.69, 9.17) is 0 Å². The van der Waals surface area contributed by atoms with Crippen LogP contribution in [0.15, 0.2) is 24.3 Å². The first-order valence-electron chi connectivity index (χ1n) is 5.88. The highest BCUT2D eigenvalue weighted by molar-refractivity contribution is 6.02. The van der Waals surface area contributed by atoms with Gasteiger partial charge in [0.2, 0.25) is 0 Å². The molecule has 1 aliphatic heterocycles. The van der Waals surface area contributed by atoms with Crippen molar-refractivity contribution in [2.24, 2.45) is 0 Å². The predicted molar refractivity (Wildman–Crippen MR) is 63.5 cm³/mol. The smallest absolute Gasteiger partial charge is 0.255 e. The van der Waals surface area contributed by atoms with E-state index < -0.39 is 0 Å². The molecule has 16 heavy (non-hydrogen) atoms. The lowest BCUT2D eigenvalue weighted by molar-refractivity contribution is 0.0885. The van der Waals surface area contributed by atoms with Crippen molar-refractivity contribution < 1.29 is 4.79 Å². The largest absolute Gasteiger partial charge is 0.351 e. The molecular formula is C13H16N2O. The second kappa shape index (κ2) is 3.24. The van der Waals surface area contributed by atoms with E-state index in [0.29, 0.717) is 0 Å². The molecule has 0 saturated heterocycles. The van der Waals surface area contributed by atoms with Crippen LogP contribution in [0.2, 0.25) is 0 Å². The highest BCUT2D eigenvalue weighted by atomic mass is 16.2. The Morgan fingerprint density at radius 3 is 2.69 bits per heavy atom. The zero-order chi connectivity index (χ0) is 11.2. The molecule has 0 bridgehead atoms. The van der Waals surface area contributed by atoms with Gasteiger partial charge < -0.3 is 10.2 Å². The minimum Gasteiger partial charge on any atom is -0.351 e. The maximum absolute atomic E-state index is 12.1. The third-order valence-electron chi connectivity index (χ3n) is 3.93. The standard InChI is InChI=1S/C13H16N2O/c1-15-11-7-3-2-6-10(11)12(16)14-13(15)8-4-5-9-13/h2-3,6-7H,4-5,8-9H2,1H3,(H,14,16). The Morgan fingerprint density at radius 1 is 1.25 bits per heavy atom. The number of carbonyl (C=O) groups excluding carboxylic acids is 1. The minimum atomic E-state index is -0.120. The molecule has 1 aromatic rings. The first kappa shape index (κ1) is 9.70. The van der Waals surface area contributed by atoms with Crippen LogP contribution in [0.3, 0.4) is 0 Å². The van der Waals surface area contributed by atoms with E-state index in [1.807, 2.05) is 24.3 Å². The van der Waals surface area contributed by atoms with E-state index in [-0.39, 0.29) is 11.6 Å². The SMILES string of the molecule is CN1c2ccccc2C(=O)NC12CCCC2. The number of benzene rings is 1. The van der Waals surface area contributed by atoms with Crippen LogP contribution in [0.4, 0.5) is 5.69 Å². The summed E-state index contributed by atoms with van der Waals surface area (Å²) in [5.41, 5.74) is 1.74. The maximum Gasteiger partial charge on any atom is 0.255 e. The fourth-order valence-electron chi connectivity index (χ4n) is 2.97. The molecule has 1 N–H and O–H groups in total. The molecule has 3 heteroatoms. The third-order valence-corrected chi connectivity index (χ3v) is 3.93. The topological polar surface area (TPSA) is 32.3 Å². The fourth-order valence-corrected chi connectivity index (χ4v) is 2.97. The number of hydrogen-bond donors (Lipinski definition) is 1. The number of fused-ring (bicyclic) bond motifs is 1. The van der Waals surface area contributed by atoms with Gasteiger partial charge in [-0.2, -0.15) is 0 Å². The number of para-hydroxylation sites is 1. The van der Waals surface area contributed by atoms with Crippen LogP contribution in [0.1, 0.15) is 36.0 Å². The Balaban J connectivity index is 2.10. The van der Waals surface area contributed by atoms with Gasteiger partial charge in [0.1, 0.15) is 5.66 Å². The van der Waals surface area contributed by atoms with Crippen molar-refractivity contribution in [3.63, 3.8) is 0 Å². The molecule has 1 aliphatic carbocycles. The minimum absolute atomic E-state index is 0.0793. The zero-order valence-corrected chi connectivity index (χ0v) is 9.49. The van der Waals surface area contributed by atoms with Crippen molar-refractivity contribution in [3.8, 4) is 0 Å². The molecule has 0 unspecified atom stereocenters. The molecule has 3 rings (SSSR count). The Morgan fingerprint density at radius 2 is 1.94 bits per heavy atom. The average Bonchev–Trinajstić information content (AvgIpc) is 2.76. The first-order valence-corrected chi connectivity index (χ1v) is 5.88. The molecule has 0 aromatic heterocycles. The maximum atomic E-state index is 12.1. The van der Waals surface area contributed by atoms with E-state index in [9.17, 15) is 4.79 Å². The summed E-state index contributed by atoms with van der Waals surface area (Å²) < 4.78 is 0. The van der Waals surface area contributed by atoms with Crippen molar-refractivity contribution in [1.29, 1.82) is 0 Å². The van der Waals surface area contributed by atoms with Crippen molar-refractivity contribution in [1.82, 2.24) is 5.32 Å². The van der Waals surface area contributed by atoms with Crippen LogP contribution in [0.5, 0.6) is 0 Å². The molecule has 3 nitrogen and oxygen atoms in total. The molecule has 1 heterocycles. The van der Waals surface area contributed by atoms with Gasteiger partial charge in [0, 0.05) is 7.05 Å². The molecule has 84 valence electrons. The lowest BCUT2D eigenvalue weighted by atomic mass is 9.98. The predicted octanol–water partition coefficient (Wildman–Crippen LogP) is 2.14. The van der Waals surface area contributed by atoms with E-state index in [2.05, 4.69) is 17.3 Å². The van der Waals surface area contributed by atoms with Crippen molar-refractivity contribution in [2.75, 3.05) is 11.9 Å². The summed E-state index contributed by atoms with van der Waals surface area (Å²) in [4.78, 5) is 14.3. The van der Waals surface area contributed by atoms with Crippen molar-refractivity contribution in [3.05, 3.63) is 29.8 Å². The highest BCUT2D eigenvalue weighted by Gasteiger charge is 2.43. The second-order valence-corrected chi connectivity index (χ2v) is 4.77. The van der Waals surface area contributed by atoms with Crippen LogP contribution in [-0.4, -0.2) is 18.6 Å². The lowest BCUT2D eigenvalue weighted by Crippen LogP contribution is -2.61. The number of nitrogens with one attached hydrogen (secondary N) is 1. The number of amides is 1. The molecule has 1 aromatic carbocycles. The van der Waals surface area contributed by atoms with Crippen LogP contribution in [0, 0.1) is 0 Å². The Bertz CT molecular complexity index is 435. The van der Waals surface area contributed by atoms with Gasteiger partial charge >= 0.3 is 0 Å². The molecule has 0 radical (unpaired) electrons. The van der Waals surface area contributed by atoms with E-state index in [0.717, 1.165) is 24.1 Å². The summed E-state index contributed by atoms with van der Waals surface area (Å²) in [6.45, 7) is 0. The average molecular weight is 216 g/mol. The monoisotopic (exact) mass is 216 g/mol. The van der Waals surface area contributed by atoms with E-state index in [1.165, 1.54) is 12.8 Å². The molecule has 1 amide bonds. The van der Waals surface area contributed by atoms with Crippen LogP contribution < -0.4 is 10.2 Å². The van der Waals surface area contributed by atoms with Crippen LogP contribution >= 0.6 is 0 Å². The fraction of sp³-hybridized carbons (Fsp3) is 0.462. The normalized spacial score (nSPS) is 22.1. The van der Waals surface area contributed by atoms with Gasteiger partial charge in [-0.15, -0.1) is 0 Å².